The van der Waals surface area contributed by atoms with E-state index in [0.29, 0.717) is 30.7 Å². The second kappa shape index (κ2) is 12.8. The van der Waals surface area contributed by atoms with Crippen LogP contribution in [0.1, 0.15) is 56.5 Å². The number of alkyl halides is 2. The third-order valence-corrected chi connectivity index (χ3v) is 7.83. The van der Waals surface area contributed by atoms with Crippen LogP contribution in [-0.2, 0) is 27.2 Å². The summed E-state index contributed by atoms with van der Waals surface area (Å²) in [6.07, 6.45) is -2.68. The van der Waals surface area contributed by atoms with Gasteiger partial charge in [-0.2, -0.15) is 5.10 Å². The first-order chi connectivity index (χ1) is 20.3. The number of fused-ring (bicyclic) bond motifs is 1. The van der Waals surface area contributed by atoms with E-state index in [-0.39, 0.29) is 37.5 Å². The third kappa shape index (κ3) is 7.15. The van der Waals surface area contributed by atoms with Crippen LogP contribution < -0.4 is 10.6 Å². The predicted octanol–water partition coefficient (Wildman–Crippen LogP) is 3.16. The second-order valence-corrected chi connectivity index (χ2v) is 11.5. The third-order valence-electron chi connectivity index (χ3n) is 7.83. The number of likely N-dealkylation sites (tertiary alicyclic amines) is 1. The largest absolute Gasteiger partial charge is 0.465 e. The van der Waals surface area contributed by atoms with Crippen LogP contribution >= 0.6 is 0 Å². The van der Waals surface area contributed by atoms with Crippen LogP contribution in [0.4, 0.5) is 13.6 Å². The van der Waals surface area contributed by atoms with Crippen LogP contribution in [0.5, 0.6) is 0 Å². The zero-order chi connectivity index (χ0) is 31.4. The van der Waals surface area contributed by atoms with E-state index >= 15 is 0 Å². The molecule has 2 aromatic rings. The number of aromatic nitrogens is 1. The van der Waals surface area contributed by atoms with Crippen LogP contribution in [0.2, 0.25) is 0 Å². The van der Waals surface area contributed by atoms with E-state index in [9.17, 15) is 33.1 Å². The minimum absolute atomic E-state index is 0.0594. The van der Waals surface area contributed by atoms with Crippen LogP contribution in [0.25, 0.3) is 0 Å². The van der Waals surface area contributed by atoms with Crippen molar-refractivity contribution in [3.63, 3.8) is 0 Å². The first kappa shape index (κ1) is 31.5. The Bertz CT molecular complexity index is 1400. The first-order valence-corrected chi connectivity index (χ1v) is 14.1. The summed E-state index contributed by atoms with van der Waals surface area (Å²) < 4.78 is 26.2. The number of nitrogens with one attached hydrogen (secondary N) is 2. The molecule has 0 aliphatic carbocycles. The fraction of sp³-hybridized carbons (Fsp3) is 0.467. The molecule has 0 saturated carbocycles. The molecule has 230 valence electrons. The molecule has 0 radical (unpaired) electrons. The molecule has 0 spiro atoms. The van der Waals surface area contributed by atoms with Crippen LogP contribution in [0.15, 0.2) is 53.6 Å². The van der Waals surface area contributed by atoms with Crippen molar-refractivity contribution in [2.45, 2.75) is 64.0 Å². The number of carbonyl (C=O) groups excluding carboxylic acids is 3. The Hall–Kier alpha value is -4.42. The number of amides is 4. The molecule has 1 aromatic heterocycles. The average molecular weight is 599 g/mol. The Balaban J connectivity index is 1.56. The van der Waals surface area contributed by atoms with Gasteiger partial charge in [-0.25, -0.2) is 18.6 Å². The molecule has 1 fully saturated rings. The van der Waals surface area contributed by atoms with Gasteiger partial charge in [-0.05, 0) is 57.2 Å². The van der Waals surface area contributed by atoms with Gasteiger partial charge < -0.3 is 20.6 Å². The topological polar surface area (TPSA) is 144 Å². The number of benzene rings is 1. The van der Waals surface area contributed by atoms with Gasteiger partial charge in [0.05, 0.1) is 5.71 Å². The van der Waals surface area contributed by atoms with Gasteiger partial charge in [-0.3, -0.25) is 19.4 Å². The molecule has 3 N–H and O–H groups in total. The average Bonchev–Trinajstić information content (AvgIpc) is 3.20. The van der Waals surface area contributed by atoms with E-state index in [1.54, 1.807) is 18.0 Å². The highest BCUT2D eigenvalue weighted by molar-refractivity contribution is 6.13. The Labute approximate surface area is 248 Å². The number of nitrogens with zero attached hydrogens (tertiary/aromatic N) is 4. The fourth-order valence-electron chi connectivity index (χ4n) is 5.60. The summed E-state index contributed by atoms with van der Waals surface area (Å²) in [5.74, 6) is -1.36. The van der Waals surface area contributed by atoms with Crippen molar-refractivity contribution in [3.8, 4) is 0 Å². The maximum atomic E-state index is 14.0. The first-order valence-electron chi connectivity index (χ1n) is 14.1. The van der Waals surface area contributed by atoms with Gasteiger partial charge in [0.25, 0.3) is 12.3 Å². The summed E-state index contributed by atoms with van der Waals surface area (Å²) >= 11 is 0. The van der Waals surface area contributed by atoms with Crippen molar-refractivity contribution in [2.24, 2.45) is 10.5 Å². The van der Waals surface area contributed by atoms with Crippen molar-refractivity contribution in [1.82, 2.24) is 25.5 Å². The van der Waals surface area contributed by atoms with Crippen LogP contribution in [0.3, 0.4) is 0 Å². The number of hydrogen-bond donors (Lipinski definition) is 3. The molecule has 2 atom stereocenters. The lowest BCUT2D eigenvalue weighted by Crippen LogP contribution is -2.61. The molecule has 1 aromatic carbocycles. The number of carboxylic acid groups (broad SMARTS) is 1. The number of piperidine rings is 1. The van der Waals surface area contributed by atoms with Crippen molar-refractivity contribution in [3.05, 3.63) is 65.5 Å². The zero-order valence-corrected chi connectivity index (χ0v) is 24.3. The Morgan fingerprint density at radius 1 is 1.12 bits per heavy atom. The van der Waals surface area contributed by atoms with E-state index in [1.165, 1.54) is 31.0 Å². The summed E-state index contributed by atoms with van der Waals surface area (Å²) in [5, 5.41) is 19.8. The van der Waals surface area contributed by atoms with Gasteiger partial charge >= 0.3 is 6.09 Å². The van der Waals surface area contributed by atoms with Crippen molar-refractivity contribution < 1.29 is 33.1 Å². The summed E-state index contributed by atoms with van der Waals surface area (Å²) in [6.45, 7) is 3.09. The molecular formula is C30H36F2N6O5. The van der Waals surface area contributed by atoms with E-state index in [0.717, 1.165) is 5.56 Å². The quantitative estimate of drug-likeness (QED) is 0.363. The van der Waals surface area contributed by atoms with Crippen LogP contribution in [0, 0.1) is 5.41 Å². The van der Waals surface area contributed by atoms with E-state index in [1.807, 2.05) is 30.3 Å². The van der Waals surface area contributed by atoms with Gasteiger partial charge in [-0.15, -0.1) is 0 Å². The molecule has 13 heteroatoms. The number of pyridine rings is 1. The van der Waals surface area contributed by atoms with Gasteiger partial charge in [0.15, 0.2) is 0 Å². The SMILES string of the molecule is CN1N=C2CCN(C(=O)[C@@H](CCCc3cccc(C(F)F)n3)NC(=O)C(C)(C)NC(=O)O)C[C@@]2(Cc2ccccc2)C1=O. The zero-order valence-electron chi connectivity index (χ0n) is 24.3. The molecule has 2 aliphatic rings. The smallest absolute Gasteiger partial charge is 0.405 e. The summed E-state index contributed by atoms with van der Waals surface area (Å²) in [4.78, 5) is 57.5. The molecule has 0 unspecified atom stereocenters. The number of hydrazone groups is 1. The summed E-state index contributed by atoms with van der Waals surface area (Å²) in [7, 11) is 1.59. The Kier molecular flexibility index (Phi) is 9.41. The van der Waals surface area contributed by atoms with Gasteiger partial charge in [0.2, 0.25) is 11.8 Å². The molecule has 43 heavy (non-hydrogen) atoms. The number of halogens is 2. The number of hydrogen-bond acceptors (Lipinski definition) is 6. The molecule has 0 bridgehead atoms. The molecule has 2 aliphatic heterocycles. The molecule has 4 amide bonds. The van der Waals surface area contributed by atoms with Crippen molar-refractivity contribution >= 4 is 29.5 Å². The lowest BCUT2D eigenvalue weighted by Gasteiger charge is -2.41. The standard InChI is InChI=1S/C30H36F2N6O5/c1-29(2,35-28(42)43)26(40)34-22(14-8-12-20-11-7-13-21(33-20)24(31)32)25(39)38-16-15-23-30(18-38,27(41)37(3)36-23)17-19-9-5-4-6-10-19/h4-7,9-11,13,22,24,35H,8,12,14-18H2,1-3H3,(H,34,40)(H,42,43)/t22-,30-/m1/s1. The Morgan fingerprint density at radius 2 is 1.84 bits per heavy atom. The fourth-order valence-corrected chi connectivity index (χ4v) is 5.60. The second-order valence-electron chi connectivity index (χ2n) is 11.5. The Morgan fingerprint density at radius 3 is 2.51 bits per heavy atom. The summed E-state index contributed by atoms with van der Waals surface area (Å²) in [5.41, 5.74) is -0.910. The minimum Gasteiger partial charge on any atom is -0.465 e. The monoisotopic (exact) mass is 598 g/mol. The highest BCUT2D eigenvalue weighted by Gasteiger charge is 2.54. The molecular weight excluding hydrogens is 562 g/mol. The normalized spacial score (nSPS) is 19.1. The maximum absolute atomic E-state index is 14.0. The number of rotatable bonds is 11. The lowest BCUT2D eigenvalue weighted by molar-refractivity contribution is -0.142. The number of aryl methyl sites for hydroxylation is 1. The van der Waals surface area contributed by atoms with Gasteiger partial charge in [0.1, 0.15) is 22.7 Å². The predicted molar refractivity (Wildman–Crippen MR) is 153 cm³/mol. The molecule has 3 heterocycles. The van der Waals surface area contributed by atoms with Crippen LogP contribution in [-0.4, -0.2) is 81.2 Å². The molecule has 1 saturated heterocycles. The lowest BCUT2D eigenvalue weighted by atomic mass is 9.73. The highest BCUT2D eigenvalue weighted by Crippen LogP contribution is 2.38. The minimum atomic E-state index is -2.72. The van der Waals surface area contributed by atoms with E-state index < -0.39 is 41.3 Å². The molecule has 4 rings (SSSR count). The van der Waals surface area contributed by atoms with Crippen molar-refractivity contribution in [1.29, 1.82) is 0 Å². The van der Waals surface area contributed by atoms with Crippen molar-refractivity contribution in [2.75, 3.05) is 20.1 Å². The van der Waals surface area contributed by atoms with Gasteiger partial charge in [-0.1, -0.05) is 36.4 Å². The highest BCUT2D eigenvalue weighted by atomic mass is 19.3. The van der Waals surface area contributed by atoms with E-state index in [2.05, 4.69) is 20.7 Å². The number of carbonyl (C=O) groups is 4. The van der Waals surface area contributed by atoms with Gasteiger partial charge in [0, 0.05) is 32.3 Å². The summed E-state index contributed by atoms with van der Waals surface area (Å²) in [6, 6.07) is 12.7. The maximum Gasteiger partial charge on any atom is 0.405 e. The van der Waals surface area contributed by atoms with E-state index in [4.69, 9.17) is 0 Å². The molecule has 11 nitrogen and oxygen atoms in total.